The molecule has 0 aromatic carbocycles. The molecule has 4 heteroatoms. The van der Waals surface area contributed by atoms with Crippen LogP contribution in [-0.2, 0) is 4.74 Å². The fourth-order valence-electron chi connectivity index (χ4n) is 3.96. The zero-order valence-electron chi connectivity index (χ0n) is 18.9. The van der Waals surface area contributed by atoms with Gasteiger partial charge in [0.1, 0.15) is 0 Å². The van der Waals surface area contributed by atoms with Gasteiger partial charge in [-0.25, -0.2) is 9.78 Å². The molecule has 160 valence electrons. The molecular formula is C25H38N2O2. The summed E-state index contributed by atoms with van der Waals surface area (Å²) in [5.41, 5.74) is 5.02. The van der Waals surface area contributed by atoms with Crippen LogP contribution in [0.3, 0.4) is 0 Å². The summed E-state index contributed by atoms with van der Waals surface area (Å²) in [7, 11) is 0. The number of esters is 1. The van der Waals surface area contributed by atoms with E-state index in [0.29, 0.717) is 6.61 Å². The van der Waals surface area contributed by atoms with Gasteiger partial charge in [-0.1, -0.05) is 64.2 Å². The Bertz CT molecular complexity index is 766. The van der Waals surface area contributed by atoms with Gasteiger partial charge in [0, 0.05) is 6.20 Å². The standard InChI is InChI=1S/C25H38N2O2/c1-6-7-8-9-10-16-29-24(28)23-26-18-21(27-23)17-19(2)13-14-22-20(3)12-11-15-25(22,4)5/h13-14,17-18H,6-12,15-16H2,1-5H3,(H,26,27)/b14-13?,19-17+. The third-order valence-electron chi connectivity index (χ3n) is 5.70. The summed E-state index contributed by atoms with van der Waals surface area (Å²) in [6.07, 6.45) is 17.5. The van der Waals surface area contributed by atoms with E-state index in [-0.39, 0.29) is 17.2 Å². The number of allylic oxidation sites excluding steroid dienone is 5. The van der Waals surface area contributed by atoms with E-state index in [9.17, 15) is 4.79 Å². The van der Waals surface area contributed by atoms with Crippen LogP contribution in [0.2, 0.25) is 0 Å². The Kier molecular flexibility index (Phi) is 8.94. The van der Waals surface area contributed by atoms with E-state index in [4.69, 9.17) is 4.74 Å². The van der Waals surface area contributed by atoms with Crippen molar-refractivity contribution in [3.05, 3.63) is 46.6 Å². The molecule has 0 fully saturated rings. The molecule has 0 aliphatic heterocycles. The lowest BCUT2D eigenvalue weighted by Crippen LogP contribution is -2.19. The number of H-pyrrole nitrogens is 1. The van der Waals surface area contributed by atoms with Crippen molar-refractivity contribution in [3.63, 3.8) is 0 Å². The largest absolute Gasteiger partial charge is 0.460 e. The Morgan fingerprint density at radius 3 is 2.76 bits per heavy atom. The minimum atomic E-state index is -0.377. The molecule has 1 aromatic heterocycles. The van der Waals surface area contributed by atoms with Gasteiger partial charge in [0.25, 0.3) is 0 Å². The summed E-state index contributed by atoms with van der Waals surface area (Å²) < 4.78 is 5.31. The van der Waals surface area contributed by atoms with E-state index < -0.39 is 0 Å². The first-order valence-corrected chi connectivity index (χ1v) is 11.1. The first kappa shape index (κ1) is 23.2. The summed E-state index contributed by atoms with van der Waals surface area (Å²) >= 11 is 0. The van der Waals surface area contributed by atoms with Crippen molar-refractivity contribution >= 4 is 12.0 Å². The molecule has 1 N–H and O–H groups in total. The number of ether oxygens (including phenoxy) is 1. The second-order valence-corrected chi connectivity index (χ2v) is 8.88. The number of hydrogen-bond acceptors (Lipinski definition) is 3. The van der Waals surface area contributed by atoms with E-state index in [1.807, 2.05) is 6.08 Å². The van der Waals surface area contributed by atoms with Crippen molar-refractivity contribution in [2.45, 2.75) is 86.0 Å². The topological polar surface area (TPSA) is 55.0 Å². The predicted octanol–water partition coefficient (Wildman–Crippen LogP) is 7.02. The Morgan fingerprint density at radius 1 is 1.28 bits per heavy atom. The molecule has 1 aromatic rings. The Hall–Kier alpha value is -2.10. The van der Waals surface area contributed by atoms with Crippen LogP contribution in [-0.4, -0.2) is 22.5 Å². The number of rotatable bonds is 10. The molecule has 1 aliphatic rings. The Morgan fingerprint density at radius 2 is 2.03 bits per heavy atom. The van der Waals surface area contributed by atoms with E-state index in [1.54, 1.807) is 6.20 Å². The fourth-order valence-corrected chi connectivity index (χ4v) is 3.96. The lowest BCUT2D eigenvalue weighted by atomic mass is 9.72. The zero-order chi connectivity index (χ0) is 21.3. The molecular weight excluding hydrogens is 360 g/mol. The molecule has 0 spiro atoms. The van der Waals surface area contributed by atoms with E-state index in [1.165, 1.54) is 49.7 Å². The maximum atomic E-state index is 12.1. The van der Waals surface area contributed by atoms with Crippen molar-refractivity contribution in [2.24, 2.45) is 5.41 Å². The van der Waals surface area contributed by atoms with E-state index >= 15 is 0 Å². The summed E-state index contributed by atoms with van der Waals surface area (Å²) in [5.74, 6) is -0.105. The van der Waals surface area contributed by atoms with E-state index in [0.717, 1.165) is 24.1 Å². The van der Waals surface area contributed by atoms with Gasteiger partial charge in [-0.3, -0.25) is 0 Å². The number of carbonyl (C=O) groups is 1. The smallest absolute Gasteiger partial charge is 0.374 e. The highest BCUT2D eigenvalue weighted by atomic mass is 16.5. The molecule has 0 amide bonds. The molecule has 1 heterocycles. The molecule has 0 atom stereocenters. The van der Waals surface area contributed by atoms with Crippen molar-refractivity contribution in [1.29, 1.82) is 0 Å². The minimum absolute atomic E-state index is 0.235. The van der Waals surface area contributed by atoms with Gasteiger partial charge < -0.3 is 9.72 Å². The summed E-state index contributed by atoms with van der Waals surface area (Å²) in [5, 5.41) is 0. The van der Waals surface area contributed by atoms with Crippen LogP contribution < -0.4 is 0 Å². The average molecular weight is 399 g/mol. The van der Waals surface area contributed by atoms with Gasteiger partial charge in [0.2, 0.25) is 5.82 Å². The van der Waals surface area contributed by atoms with E-state index in [2.05, 4.69) is 56.7 Å². The van der Waals surface area contributed by atoms with Crippen LogP contribution in [0.5, 0.6) is 0 Å². The molecule has 0 bridgehead atoms. The predicted molar refractivity (Wildman–Crippen MR) is 121 cm³/mol. The number of aromatic amines is 1. The highest BCUT2D eigenvalue weighted by Gasteiger charge is 2.26. The monoisotopic (exact) mass is 398 g/mol. The normalized spacial score (nSPS) is 17.2. The second kappa shape index (κ2) is 11.2. The minimum Gasteiger partial charge on any atom is -0.460 e. The maximum absolute atomic E-state index is 12.1. The van der Waals surface area contributed by atoms with Crippen LogP contribution in [0.25, 0.3) is 6.08 Å². The molecule has 0 saturated heterocycles. The summed E-state index contributed by atoms with van der Waals surface area (Å²) in [6.45, 7) is 11.6. The summed E-state index contributed by atoms with van der Waals surface area (Å²) in [6, 6.07) is 0. The first-order valence-electron chi connectivity index (χ1n) is 11.1. The van der Waals surface area contributed by atoms with Gasteiger partial charge >= 0.3 is 5.97 Å². The van der Waals surface area contributed by atoms with Gasteiger partial charge in [-0.2, -0.15) is 0 Å². The van der Waals surface area contributed by atoms with Gasteiger partial charge in [-0.05, 0) is 62.2 Å². The molecule has 0 radical (unpaired) electrons. The lowest BCUT2D eigenvalue weighted by Gasteiger charge is -2.32. The van der Waals surface area contributed by atoms with Crippen LogP contribution in [0.15, 0.2) is 35.1 Å². The van der Waals surface area contributed by atoms with Crippen molar-refractivity contribution in [3.8, 4) is 0 Å². The number of imidazole rings is 1. The SMILES string of the molecule is CCCCCCCOC(=O)c1nc(/C=C(\C)C=CC2=C(C)CCCC2(C)C)c[nH]1. The van der Waals surface area contributed by atoms with Crippen LogP contribution in [0.1, 0.15) is 102 Å². The van der Waals surface area contributed by atoms with Crippen molar-refractivity contribution in [1.82, 2.24) is 9.97 Å². The molecule has 29 heavy (non-hydrogen) atoms. The summed E-state index contributed by atoms with van der Waals surface area (Å²) in [4.78, 5) is 19.4. The fraction of sp³-hybridized carbons (Fsp3) is 0.600. The van der Waals surface area contributed by atoms with Gasteiger partial charge in [0.15, 0.2) is 0 Å². The molecule has 2 rings (SSSR count). The van der Waals surface area contributed by atoms with Gasteiger partial charge in [0.05, 0.1) is 12.3 Å². The number of aromatic nitrogens is 2. The van der Waals surface area contributed by atoms with Crippen molar-refractivity contribution in [2.75, 3.05) is 6.61 Å². The number of carbonyl (C=O) groups excluding carboxylic acids is 1. The number of nitrogens with one attached hydrogen (secondary N) is 1. The quantitative estimate of drug-likeness (QED) is 0.262. The van der Waals surface area contributed by atoms with Crippen LogP contribution in [0.4, 0.5) is 0 Å². The number of hydrogen-bond donors (Lipinski definition) is 1. The Balaban J connectivity index is 1.91. The van der Waals surface area contributed by atoms with Crippen LogP contribution in [0, 0.1) is 5.41 Å². The highest BCUT2D eigenvalue weighted by Crippen LogP contribution is 2.40. The number of unbranched alkanes of at least 4 members (excludes halogenated alkanes) is 4. The maximum Gasteiger partial charge on any atom is 0.374 e. The second-order valence-electron chi connectivity index (χ2n) is 8.88. The Labute approximate surface area is 176 Å². The average Bonchev–Trinajstić information content (AvgIpc) is 3.12. The lowest BCUT2D eigenvalue weighted by molar-refractivity contribution is 0.0484. The zero-order valence-corrected chi connectivity index (χ0v) is 18.9. The van der Waals surface area contributed by atoms with Crippen LogP contribution >= 0.6 is 0 Å². The highest BCUT2D eigenvalue weighted by molar-refractivity contribution is 5.85. The third-order valence-corrected chi connectivity index (χ3v) is 5.70. The first-order chi connectivity index (χ1) is 13.8. The molecule has 0 unspecified atom stereocenters. The molecule has 1 aliphatic carbocycles. The molecule has 0 saturated carbocycles. The third kappa shape index (κ3) is 7.34. The van der Waals surface area contributed by atoms with Gasteiger partial charge in [-0.15, -0.1) is 0 Å². The number of nitrogens with zero attached hydrogens (tertiary/aromatic N) is 1. The molecule has 4 nitrogen and oxygen atoms in total. The van der Waals surface area contributed by atoms with Crippen molar-refractivity contribution < 1.29 is 9.53 Å².